The summed E-state index contributed by atoms with van der Waals surface area (Å²) in [4.78, 5) is 0.862. The van der Waals surface area contributed by atoms with Crippen LogP contribution in [0.15, 0.2) is 23.1 Å². The Morgan fingerprint density at radius 1 is 1.24 bits per heavy atom. The van der Waals surface area contributed by atoms with Crippen molar-refractivity contribution in [3.63, 3.8) is 0 Å². The average Bonchev–Trinajstić information content (AvgIpc) is 2.76. The van der Waals surface area contributed by atoms with Crippen molar-refractivity contribution in [2.45, 2.75) is 17.7 Å². The molecule has 1 fully saturated rings. The van der Waals surface area contributed by atoms with E-state index in [2.05, 4.69) is 0 Å². The number of hydrogen-bond donors (Lipinski definition) is 3. The zero-order chi connectivity index (χ0) is 12.3. The van der Waals surface area contributed by atoms with E-state index in [0.29, 0.717) is 5.75 Å². The molecular weight excluding hydrogens is 240 g/mol. The van der Waals surface area contributed by atoms with Gasteiger partial charge < -0.3 is 19.5 Å². The highest BCUT2D eigenvalue weighted by molar-refractivity contribution is 8.29. The van der Waals surface area contributed by atoms with Gasteiger partial charge in [-0.15, -0.1) is 10.3 Å². The van der Waals surface area contributed by atoms with Crippen molar-refractivity contribution in [2.75, 3.05) is 24.7 Å². The quantitative estimate of drug-likeness (QED) is 0.774. The van der Waals surface area contributed by atoms with E-state index in [1.165, 1.54) is 0 Å². The van der Waals surface area contributed by atoms with Gasteiger partial charge in [0.2, 0.25) is 0 Å². The minimum Gasteiger partial charge on any atom is -0.504 e. The minimum absolute atomic E-state index is 0.0446. The van der Waals surface area contributed by atoms with Gasteiger partial charge >= 0.3 is 0 Å². The predicted molar refractivity (Wildman–Crippen MR) is 68.1 cm³/mol. The highest BCUT2D eigenvalue weighted by Gasteiger charge is 2.28. The Balaban J connectivity index is 2.23. The first kappa shape index (κ1) is 12.5. The van der Waals surface area contributed by atoms with Crippen molar-refractivity contribution < 1.29 is 19.5 Å². The largest absolute Gasteiger partial charge is 0.504 e. The van der Waals surface area contributed by atoms with Crippen LogP contribution >= 0.6 is 10.3 Å². The lowest BCUT2D eigenvalue weighted by Crippen LogP contribution is -2.04. The van der Waals surface area contributed by atoms with Gasteiger partial charge in [0.15, 0.2) is 11.5 Å². The van der Waals surface area contributed by atoms with Crippen LogP contribution in [-0.4, -0.2) is 39.5 Å². The summed E-state index contributed by atoms with van der Waals surface area (Å²) in [6.45, 7) is 0.0472. The summed E-state index contributed by atoms with van der Waals surface area (Å²) < 4.78 is 15.7. The number of ether oxygens (including phenoxy) is 1. The van der Waals surface area contributed by atoms with E-state index >= 15 is 0 Å². The smallest absolute Gasteiger partial charge is 0.162 e. The fourth-order valence-corrected chi connectivity index (χ4v) is 4.71. The second kappa shape index (κ2) is 5.16. The van der Waals surface area contributed by atoms with Crippen molar-refractivity contribution in [3.05, 3.63) is 18.2 Å². The van der Waals surface area contributed by atoms with Crippen LogP contribution in [0.5, 0.6) is 11.5 Å². The lowest BCUT2D eigenvalue weighted by atomic mass is 10.3. The second-order valence-electron chi connectivity index (χ2n) is 4.16. The SMILES string of the molecule is OCCOc1cc(S2(O)CCCC2)ccc1O. The van der Waals surface area contributed by atoms with Crippen LogP contribution in [0.25, 0.3) is 0 Å². The van der Waals surface area contributed by atoms with Gasteiger partial charge in [-0.25, -0.2) is 0 Å². The normalized spacial score (nSPS) is 20.1. The molecule has 1 aliphatic rings. The minimum atomic E-state index is -1.70. The molecule has 0 amide bonds. The third kappa shape index (κ3) is 2.68. The molecule has 96 valence electrons. The molecule has 17 heavy (non-hydrogen) atoms. The fourth-order valence-electron chi connectivity index (χ4n) is 2.02. The Hall–Kier alpha value is -0.910. The molecule has 3 N–H and O–H groups in total. The van der Waals surface area contributed by atoms with Gasteiger partial charge in [0.1, 0.15) is 6.61 Å². The Labute approximate surface area is 102 Å². The predicted octanol–water partition coefficient (Wildman–Crippen LogP) is 2.19. The van der Waals surface area contributed by atoms with Gasteiger partial charge in [-0.3, -0.25) is 0 Å². The number of hydrogen-bond acceptors (Lipinski definition) is 4. The monoisotopic (exact) mass is 258 g/mol. The summed E-state index contributed by atoms with van der Waals surface area (Å²) in [6, 6.07) is 5.01. The average molecular weight is 258 g/mol. The molecule has 1 saturated heterocycles. The van der Waals surface area contributed by atoms with E-state index in [4.69, 9.17) is 9.84 Å². The maximum atomic E-state index is 10.5. The third-order valence-corrected chi connectivity index (χ3v) is 5.99. The molecule has 0 spiro atoms. The number of benzene rings is 1. The number of phenols is 1. The van der Waals surface area contributed by atoms with E-state index in [9.17, 15) is 9.66 Å². The molecular formula is C12H18O4S. The zero-order valence-electron chi connectivity index (χ0n) is 9.63. The van der Waals surface area contributed by atoms with Crippen LogP contribution in [0.2, 0.25) is 0 Å². The zero-order valence-corrected chi connectivity index (χ0v) is 10.4. The van der Waals surface area contributed by atoms with Gasteiger partial charge in [-0.1, -0.05) is 0 Å². The lowest BCUT2D eigenvalue weighted by molar-refractivity contribution is 0.197. The van der Waals surface area contributed by atoms with Crippen LogP contribution < -0.4 is 4.74 Å². The van der Waals surface area contributed by atoms with Crippen molar-refractivity contribution >= 4 is 10.3 Å². The topological polar surface area (TPSA) is 69.9 Å². The molecule has 0 aliphatic carbocycles. The van der Waals surface area contributed by atoms with Gasteiger partial charge in [-0.2, -0.15) is 0 Å². The summed E-state index contributed by atoms with van der Waals surface area (Å²) in [6.07, 6.45) is 2.11. The van der Waals surface area contributed by atoms with Gasteiger partial charge in [0.25, 0.3) is 0 Å². The molecule has 0 radical (unpaired) electrons. The molecule has 0 aromatic heterocycles. The molecule has 0 bridgehead atoms. The Kier molecular flexibility index (Phi) is 3.81. The fraction of sp³-hybridized carbons (Fsp3) is 0.500. The van der Waals surface area contributed by atoms with Gasteiger partial charge in [0, 0.05) is 16.4 Å². The highest BCUT2D eigenvalue weighted by atomic mass is 32.3. The van der Waals surface area contributed by atoms with Crippen molar-refractivity contribution in [2.24, 2.45) is 0 Å². The molecule has 1 aliphatic heterocycles. The number of rotatable bonds is 4. The molecule has 4 nitrogen and oxygen atoms in total. The van der Waals surface area contributed by atoms with Crippen molar-refractivity contribution in [3.8, 4) is 11.5 Å². The molecule has 1 aromatic rings. The van der Waals surface area contributed by atoms with E-state index in [1.807, 2.05) is 0 Å². The summed E-state index contributed by atoms with van der Waals surface area (Å²) in [5.41, 5.74) is 0. The molecule has 2 rings (SSSR count). The van der Waals surface area contributed by atoms with Crippen LogP contribution in [0.4, 0.5) is 0 Å². The molecule has 0 saturated carbocycles. The number of aliphatic hydroxyl groups excluding tert-OH is 1. The van der Waals surface area contributed by atoms with Gasteiger partial charge in [-0.05, 0) is 31.0 Å². The molecule has 1 heterocycles. The van der Waals surface area contributed by atoms with Crippen molar-refractivity contribution in [1.82, 2.24) is 0 Å². The summed E-state index contributed by atoms with van der Waals surface area (Å²) in [5.74, 6) is 2.04. The third-order valence-electron chi connectivity index (χ3n) is 2.93. The van der Waals surface area contributed by atoms with Crippen LogP contribution in [0.3, 0.4) is 0 Å². The second-order valence-corrected chi connectivity index (χ2v) is 7.13. The Morgan fingerprint density at radius 3 is 2.59 bits per heavy atom. The molecule has 0 unspecified atom stereocenters. The lowest BCUT2D eigenvalue weighted by Gasteiger charge is -2.29. The Bertz CT molecular complexity index is 388. The molecule has 0 atom stereocenters. The molecule has 5 heteroatoms. The van der Waals surface area contributed by atoms with Crippen LogP contribution in [0, 0.1) is 0 Å². The van der Waals surface area contributed by atoms with E-state index < -0.39 is 10.3 Å². The highest BCUT2D eigenvalue weighted by Crippen LogP contribution is 2.58. The maximum absolute atomic E-state index is 10.5. The summed E-state index contributed by atoms with van der Waals surface area (Å²) in [7, 11) is -1.70. The Morgan fingerprint density at radius 2 is 1.94 bits per heavy atom. The standard InChI is InChI=1S/C12H18O4S/c13-5-6-16-12-9-10(3-4-11(12)14)17(15)7-1-2-8-17/h3-4,9,13-15H,1-2,5-8H2. The van der Waals surface area contributed by atoms with Crippen molar-refractivity contribution in [1.29, 1.82) is 0 Å². The summed E-state index contributed by atoms with van der Waals surface area (Å²) in [5, 5.41) is 18.3. The maximum Gasteiger partial charge on any atom is 0.162 e. The number of aromatic hydroxyl groups is 1. The summed E-state index contributed by atoms with van der Waals surface area (Å²) >= 11 is 0. The van der Waals surface area contributed by atoms with Crippen LogP contribution in [0.1, 0.15) is 12.8 Å². The van der Waals surface area contributed by atoms with Gasteiger partial charge in [0.05, 0.1) is 6.61 Å². The number of phenolic OH excluding ortho intramolecular Hbond substituents is 1. The first-order valence-electron chi connectivity index (χ1n) is 5.73. The number of aliphatic hydroxyl groups is 1. The van der Waals surface area contributed by atoms with Crippen LogP contribution in [-0.2, 0) is 0 Å². The first-order valence-corrected chi connectivity index (χ1v) is 7.66. The van der Waals surface area contributed by atoms with E-state index in [0.717, 1.165) is 29.2 Å². The van der Waals surface area contributed by atoms with E-state index in [1.54, 1.807) is 18.2 Å². The van der Waals surface area contributed by atoms with E-state index in [-0.39, 0.29) is 19.0 Å². The first-order chi connectivity index (χ1) is 8.15. The molecule has 1 aromatic carbocycles.